The van der Waals surface area contributed by atoms with E-state index in [2.05, 4.69) is 20.7 Å². The van der Waals surface area contributed by atoms with E-state index in [0.717, 1.165) is 5.56 Å². The Morgan fingerprint density at radius 2 is 1.72 bits per heavy atom. The summed E-state index contributed by atoms with van der Waals surface area (Å²) in [6.07, 6.45) is -0.442. The fourth-order valence-corrected chi connectivity index (χ4v) is 4.99. The Kier molecular flexibility index (Phi) is 5.31. The van der Waals surface area contributed by atoms with E-state index in [1.807, 2.05) is 44.2 Å². The third-order valence-electron chi connectivity index (χ3n) is 3.95. The summed E-state index contributed by atoms with van der Waals surface area (Å²) in [5.41, 5.74) is 0.902. The highest BCUT2D eigenvalue weighted by Crippen LogP contribution is 2.34. The van der Waals surface area contributed by atoms with Gasteiger partial charge < -0.3 is 9.47 Å². The van der Waals surface area contributed by atoms with Crippen LogP contribution in [0, 0.1) is 0 Å². The van der Waals surface area contributed by atoms with Crippen molar-refractivity contribution in [3.05, 3.63) is 64.6 Å². The second-order valence-electron chi connectivity index (χ2n) is 6.32. The number of hydrogen-bond acceptors (Lipinski definition) is 4. The van der Waals surface area contributed by atoms with E-state index in [1.165, 1.54) is 0 Å². The first-order valence-electron chi connectivity index (χ1n) is 7.92. The Morgan fingerprint density at radius 1 is 1.08 bits per heavy atom. The van der Waals surface area contributed by atoms with E-state index < -0.39 is 28.0 Å². The Bertz CT molecular complexity index is 839. The van der Waals surface area contributed by atoms with Crippen molar-refractivity contribution in [2.24, 2.45) is 0 Å². The standard InChI is InChI=1S/C18H20BrNO4S/c1-18(2)23-12-15(17(24-18)13-8-4-3-5-9-13)20-25(21,22)16-11-7-6-10-14(16)19/h3-11,15,17,20H,12H2,1-2H3. The molecule has 1 aliphatic heterocycles. The van der Waals surface area contributed by atoms with Gasteiger partial charge in [0.15, 0.2) is 5.79 Å². The second kappa shape index (κ2) is 7.17. The van der Waals surface area contributed by atoms with Gasteiger partial charge in [0.05, 0.1) is 17.5 Å². The molecule has 0 aliphatic carbocycles. The van der Waals surface area contributed by atoms with Crippen molar-refractivity contribution >= 4 is 26.0 Å². The number of hydrogen-bond donors (Lipinski definition) is 1. The molecule has 1 saturated heterocycles. The molecule has 2 aromatic carbocycles. The smallest absolute Gasteiger partial charge is 0.242 e. The van der Waals surface area contributed by atoms with Gasteiger partial charge in [-0.15, -0.1) is 0 Å². The van der Waals surface area contributed by atoms with Crippen molar-refractivity contribution in [2.45, 2.75) is 36.7 Å². The predicted molar refractivity (Wildman–Crippen MR) is 98.6 cm³/mol. The molecule has 2 atom stereocenters. The molecule has 2 unspecified atom stereocenters. The van der Waals surface area contributed by atoms with Crippen molar-refractivity contribution in [1.29, 1.82) is 0 Å². The summed E-state index contributed by atoms with van der Waals surface area (Å²) in [5, 5.41) is 0. The maximum atomic E-state index is 12.8. The summed E-state index contributed by atoms with van der Waals surface area (Å²) in [6, 6.07) is 15.7. The minimum absolute atomic E-state index is 0.187. The number of halogens is 1. The molecule has 0 saturated carbocycles. The summed E-state index contributed by atoms with van der Waals surface area (Å²) in [4.78, 5) is 0.187. The molecule has 3 rings (SSSR count). The normalized spacial score (nSPS) is 23.3. The van der Waals surface area contributed by atoms with E-state index >= 15 is 0 Å². The Balaban J connectivity index is 1.90. The van der Waals surface area contributed by atoms with Crippen LogP contribution >= 0.6 is 15.9 Å². The lowest BCUT2D eigenvalue weighted by molar-refractivity contribution is -0.283. The summed E-state index contributed by atoms with van der Waals surface area (Å²) < 4.78 is 40.6. The number of benzene rings is 2. The van der Waals surface area contributed by atoms with Crippen molar-refractivity contribution in [2.75, 3.05) is 6.61 Å². The highest BCUT2D eigenvalue weighted by molar-refractivity contribution is 9.10. The number of ether oxygens (including phenoxy) is 2. The number of nitrogens with one attached hydrogen (secondary N) is 1. The van der Waals surface area contributed by atoms with Crippen LogP contribution in [0.3, 0.4) is 0 Å². The van der Waals surface area contributed by atoms with Gasteiger partial charge in [0.25, 0.3) is 0 Å². The molecular weight excluding hydrogens is 406 g/mol. The second-order valence-corrected chi connectivity index (χ2v) is 8.85. The molecule has 134 valence electrons. The van der Waals surface area contributed by atoms with Gasteiger partial charge in [-0.05, 0) is 47.5 Å². The van der Waals surface area contributed by atoms with E-state index in [1.54, 1.807) is 24.3 Å². The third-order valence-corrected chi connectivity index (χ3v) is 6.45. The summed E-state index contributed by atoms with van der Waals surface area (Å²) in [5.74, 6) is -0.782. The first kappa shape index (κ1) is 18.5. The van der Waals surface area contributed by atoms with Crippen LogP contribution in [0.25, 0.3) is 0 Å². The van der Waals surface area contributed by atoms with Crippen molar-refractivity contribution in [3.8, 4) is 0 Å². The van der Waals surface area contributed by atoms with Gasteiger partial charge in [-0.3, -0.25) is 0 Å². The summed E-state index contributed by atoms with van der Waals surface area (Å²) >= 11 is 3.29. The zero-order chi connectivity index (χ0) is 18.1. The molecule has 1 N–H and O–H groups in total. The molecule has 25 heavy (non-hydrogen) atoms. The monoisotopic (exact) mass is 425 g/mol. The van der Waals surface area contributed by atoms with E-state index in [9.17, 15) is 8.42 Å². The summed E-state index contributed by atoms with van der Waals surface area (Å²) in [6.45, 7) is 3.86. The quantitative estimate of drug-likeness (QED) is 0.811. The molecule has 1 aliphatic rings. The van der Waals surface area contributed by atoms with Crippen molar-refractivity contribution in [1.82, 2.24) is 4.72 Å². The lowest BCUT2D eigenvalue weighted by atomic mass is 10.0. The van der Waals surface area contributed by atoms with Gasteiger partial charge in [0, 0.05) is 4.47 Å². The van der Waals surface area contributed by atoms with Crippen molar-refractivity contribution < 1.29 is 17.9 Å². The molecule has 7 heteroatoms. The van der Waals surface area contributed by atoms with E-state index in [4.69, 9.17) is 9.47 Å². The zero-order valence-corrected chi connectivity index (χ0v) is 16.4. The van der Waals surface area contributed by atoms with E-state index in [-0.39, 0.29) is 11.5 Å². The van der Waals surface area contributed by atoms with Gasteiger partial charge in [0.1, 0.15) is 6.10 Å². The number of rotatable bonds is 4. The molecule has 0 bridgehead atoms. The van der Waals surface area contributed by atoms with Crippen LogP contribution in [0.15, 0.2) is 64.0 Å². The molecular formula is C18H20BrNO4S. The average molecular weight is 426 g/mol. The first-order valence-corrected chi connectivity index (χ1v) is 10.2. The third kappa shape index (κ3) is 4.30. The van der Waals surface area contributed by atoms with Crippen LogP contribution in [-0.4, -0.2) is 26.9 Å². The molecule has 0 spiro atoms. The van der Waals surface area contributed by atoms with Crippen LogP contribution in [-0.2, 0) is 19.5 Å². The molecule has 2 aromatic rings. The van der Waals surface area contributed by atoms with Crippen LogP contribution in [0.2, 0.25) is 0 Å². The van der Waals surface area contributed by atoms with Gasteiger partial charge in [0.2, 0.25) is 10.0 Å². The molecule has 5 nitrogen and oxygen atoms in total. The number of sulfonamides is 1. The first-order chi connectivity index (χ1) is 11.8. The van der Waals surface area contributed by atoms with Crippen LogP contribution in [0.4, 0.5) is 0 Å². The fourth-order valence-electron chi connectivity index (χ4n) is 2.76. The lowest BCUT2D eigenvalue weighted by Gasteiger charge is -2.41. The molecule has 0 radical (unpaired) electrons. The van der Waals surface area contributed by atoms with Gasteiger partial charge >= 0.3 is 0 Å². The SMILES string of the molecule is CC1(C)OCC(NS(=O)(=O)c2ccccc2Br)C(c2ccccc2)O1. The molecule has 0 amide bonds. The molecule has 1 fully saturated rings. The minimum atomic E-state index is -3.73. The van der Waals surface area contributed by atoms with Gasteiger partial charge in [-0.25, -0.2) is 13.1 Å². The Hall–Kier alpha value is -1.25. The van der Waals surface area contributed by atoms with Crippen LogP contribution < -0.4 is 4.72 Å². The minimum Gasteiger partial charge on any atom is -0.349 e. The van der Waals surface area contributed by atoms with E-state index in [0.29, 0.717) is 4.47 Å². The predicted octanol–water partition coefficient (Wildman–Crippen LogP) is 3.62. The van der Waals surface area contributed by atoms with Gasteiger partial charge in [-0.1, -0.05) is 42.5 Å². The Morgan fingerprint density at radius 3 is 2.40 bits per heavy atom. The Labute approximate surface area is 156 Å². The topological polar surface area (TPSA) is 64.6 Å². The van der Waals surface area contributed by atoms with Crippen molar-refractivity contribution in [3.63, 3.8) is 0 Å². The lowest BCUT2D eigenvalue weighted by Crippen LogP contribution is -2.51. The molecule has 0 aromatic heterocycles. The fraction of sp³-hybridized carbons (Fsp3) is 0.333. The average Bonchev–Trinajstić information content (AvgIpc) is 2.57. The maximum absolute atomic E-state index is 12.8. The van der Waals surface area contributed by atoms with Crippen LogP contribution in [0.1, 0.15) is 25.5 Å². The summed E-state index contributed by atoms with van der Waals surface area (Å²) in [7, 11) is -3.73. The largest absolute Gasteiger partial charge is 0.349 e. The van der Waals surface area contributed by atoms with Gasteiger partial charge in [-0.2, -0.15) is 0 Å². The highest BCUT2D eigenvalue weighted by atomic mass is 79.9. The molecule has 1 heterocycles. The zero-order valence-electron chi connectivity index (χ0n) is 14.0. The highest BCUT2D eigenvalue weighted by Gasteiger charge is 2.39. The maximum Gasteiger partial charge on any atom is 0.242 e. The van der Waals surface area contributed by atoms with Crippen LogP contribution in [0.5, 0.6) is 0 Å².